The largest absolute Gasteiger partial charge is 0.460 e. The van der Waals surface area contributed by atoms with Crippen LogP contribution in [-0.2, 0) is 0 Å². The van der Waals surface area contributed by atoms with E-state index in [1.54, 1.807) is 18.2 Å². The predicted octanol–water partition coefficient (Wildman–Crippen LogP) is 5.88. The van der Waals surface area contributed by atoms with E-state index >= 15 is 0 Å². The molecule has 0 radical (unpaired) electrons. The fourth-order valence-corrected chi connectivity index (χ4v) is 2.29. The van der Waals surface area contributed by atoms with Crippen LogP contribution in [-0.4, -0.2) is 34.9 Å². The second-order valence-corrected chi connectivity index (χ2v) is 5.64. The van der Waals surface area contributed by atoms with E-state index in [2.05, 4.69) is 5.16 Å². The first-order valence-corrected chi connectivity index (χ1v) is 7.15. The number of hydrogen-bond donors (Lipinski definition) is 1. The van der Waals surface area contributed by atoms with Crippen LogP contribution in [0.25, 0.3) is 10.8 Å². The average Bonchev–Trinajstić information content (AvgIpc) is 2.58. The molecule has 0 atom stereocenters. The van der Waals surface area contributed by atoms with Crippen molar-refractivity contribution in [3.63, 3.8) is 0 Å². The molecule has 0 amide bonds. The molecular weight excluding hydrogens is 393 g/mol. The minimum atomic E-state index is -6.99. The Bertz CT molecular complexity index is 858. The van der Waals surface area contributed by atoms with Crippen molar-refractivity contribution >= 4 is 16.5 Å². The van der Waals surface area contributed by atoms with Gasteiger partial charge in [0.25, 0.3) is 0 Å². The van der Waals surface area contributed by atoms with Crippen LogP contribution in [0.3, 0.4) is 0 Å². The van der Waals surface area contributed by atoms with Crippen molar-refractivity contribution < 1.29 is 44.7 Å². The lowest BCUT2D eigenvalue weighted by molar-refractivity contribution is -0.394. The standard InChI is InChI=1S/C16H10F9NO/c17-13(18,14(19,20)15(21,22)16(23,24)25)8-12(26-27)11-6-5-9-3-1-2-4-10(9)7-11/h1-7,27H,8H2/b26-12+. The summed E-state index contributed by atoms with van der Waals surface area (Å²) in [6.45, 7) is 0. The first kappa shape index (κ1) is 20.8. The Kier molecular flexibility index (Phi) is 5.10. The zero-order valence-electron chi connectivity index (χ0n) is 13.0. The van der Waals surface area contributed by atoms with Gasteiger partial charge in [0.05, 0.1) is 12.1 Å². The summed E-state index contributed by atoms with van der Waals surface area (Å²) < 4.78 is 116. The minimum Gasteiger partial charge on any atom is -0.411 e. The predicted molar refractivity (Wildman–Crippen MR) is 77.8 cm³/mol. The van der Waals surface area contributed by atoms with Gasteiger partial charge in [-0.1, -0.05) is 41.6 Å². The van der Waals surface area contributed by atoms with Crippen LogP contribution >= 0.6 is 0 Å². The summed E-state index contributed by atoms with van der Waals surface area (Å²) in [5, 5.41) is 12.2. The third-order valence-electron chi connectivity index (χ3n) is 3.80. The number of nitrogens with zero attached hydrogens (tertiary/aromatic N) is 1. The van der Waals surface area contributed by atoms with E-state index < -0.39 is 36.1 Å². The van der Waals surface area contributed by atoms with E-state index in [1.807, 2.05) is 0 Å². The Morgan fingerprint density at radius 2 is 1.33 bits per heavy atom. The number of alkyl halides is 9. The quantitative estimate of drug-likeness (QED) is 0.288. The highest BCUT2D eigenvalue weighted by molar-refractivity contribution is 6.03. The zero-order chi connectivity index (χ0) is 20.7. The van der Waals surface area contributed by atoms with E-state index in [1.165, 1.54) is 12.1 Å². The van der Waals surface area contributed by atoms with Crippen molar-refractivity contribution in [1.29, 1.82) is 0 Å². The Morgan fingerprint density at radius 3 is 1.85 bits per heavy atom. The topological polar surface area (TPSA) is 32.6 Å². The smallest absolute Gasteiger partial charge is 0.411 e. The maximum atomic E-state index is 13.7. The summed E-state index contributed by atoms with van der Waals surface area (Å²) in [4.78, 5) is 0. The maximum Gasteiger partial charge on any atom is 0.460 e. The molecule has 2 rings (SSSR count). The molecule has 0 fully saturated rings. The summed E-state index contributed by atoms with van der Waals surface area (Å²) in [6, 6.07) is 9.86. The molecular formula is C16H10F9NO. The molecule has 27 heavy (non-hydrogen) atoms. The summed E-state index contributed by atoms with van der Waals surface area (Å²) in [5.74, 6) is -19.6. The average molecular weight is 403 g/mol. The van der Waals surface area contributed by atoms with Gasteiger partial charge in [-0.25, -0.2) is 0 Å². The maximum absolute atomic E-state index is 13.7. The summed E-state index contributed by atoms with van der Waals surface area (Å²) >= 11 is 0. The summed E-state index contributed by atoms with van der Waals surface area (Å²) in [6.07, 6.45) is -9.25. The highest BCUT2D eigenvalue weighted by atomic mass is 19.4. The first-order valence-electron chi connectivity index (χ1n) is 7.15. The second-order valence-electron chi connectivity index (χ2n) is 5.64. The molecule has 1 N–H and O–H groups in total. The van der Waals surface area contributed by atoms with Crippen LogP contribution in [0.4, 0.5) is 39.5 Å². The van der Waals surface area contributed by atoms with Gasteiger partial charge in [0.2, 0.25) is 0 Å². The van der Waals surface area contributed by atoms with Crippen molar-refractivity contribution in [2.75, 3.05) is 0 Å². The molecule has 0 saturated carbocycles. The molecule has 11 heteroatoms. The van der Waals surface area contributed by atoms with Crippen LogP contribution in [0.15, 0.2) is 47.6 Å². The minimum absolute atomic E-state index is 0.345. The highest BCUT2D eigenvalue weighted by Crippen LogP contribution is 2.54. The Labute approximate surface area is 145 Å². The van der Waals surface area contributed by atoms with Crippen molar-refractivity contribution in [3.05, 3.63) is 48.0 Å². The zero-order valence-corrected chi connectivity index (χ0v) is 13.0. The van der Waals surface area contributed by atoms with Gasteiger partial charge < -0.3 is 5.21 Å². The summed E-state index contributed by atoms with van der Waals surface area (Å²) in [5.41, 5.74) is -1.52. The molecule has 0 aliphatic heterocycles. The van der Waals surface area contributed by atoms with E-state index in [0.717, 1.165) is 12.1 Å². The molecule has 0 bridgehead atoms. The van der Waals surface area contributed by atoms with Crippen molar-refractivity contribution in [1.82, 2.24) is 0 Å². The number of halogens is 9. The van der Waals surface area contributed by atoms with Crippen LogP contribution in [0.5, 0.6) is 0 Å². The molecule has 148 valence electrons. The van der Waals surface area contributed by atoms with Crippen LogP contribution in [0.1, 0.15) is 12.0 Å². The number of oxime groups is 1. The molecule has 0 heterocycles. The Hall–Kier alpha value is -2.46. The van der Waals surface area contributed by atoms with E-state index in [9.17, 15) is 39.5 Å². The molecule has 0 aliphatic carbocycles. The van der Waals surface area contributed by atoms with Gasteiger partial charge in [-0.15, -0.1) is 0 Å². The third-order valence-corrected chi connectivity index (χ3v) is 3.80. The normalized spacial score (nSPS) is 14.6. The molecule has 0 unspecified atom stereocenters. The van der Waals surface area contributed by atoms with Gasteiger partial charge in [-0.3, -0.25) is 0 Å². The Morgan fingerprint density at radius 1 is 0.778 bits per heavy atom. The molecule has 0 aliphatic rings. The first-order chi connectivity index (χ1) is 12.2. The SMILES string of the molecule is O/N=C(\CC(F)(F)C(F)(F)C(F)(F)C(F)(F)F)c1ccc2ccccc2c1. The van der Waals surface area contributed by atoms with Gasteiger partial charge >= 0.3 is 23.9 Å². The van der Waals surface area contributed by atoms with E-state index in [0.29, 0.717) is 10.8 Å². The fraction of sp³-hybridized carbons (Fsp3) is 0.312. The highest BCUT2D eigenvalue weighted by Gasteiger charge is 2.81. The van der Waals surface area contributed by atoms with Gasteiger partial charge in [0.1, 0.15) is 0 Å². The van der Waals surface area contributed by atoms with Crippen molar-refractivity contribution in [2.24, 2.45) is 5.16 Å². The monoisotopic (exact) mass is 403 g/mol. The summed E-state index contributed by atoms with van der Waals surface area (Å²) in [7, 11) is 0. The van der Waals surface area contributed by atoms with Gasteiger partial charge in [0.15, 0.2) is 0 Å². The number of hydrogen-bond acceptors (Lipinski definition) is 2. The molecule has 0 spiro atoms. The molecule has 2 aromatic rings. The van der Waals surface area contributed by atoms with E-state index in [4.69, 9.17) is 5.21 Å². The van der Waals surface area contributed by atoms with Gasteiger partial charge in [-0.05, 0) is 16.8 Å². The molecule has 0 saturated heterocycles. The lowest BCUT2D eigenvalue weighted by Gasteiger charge is -2.33. The number of benzene rings is 2. The van der Waals surface area contributed by atoms with Crippen LogP contribution < -0.4 is 0 Å². The third kappa shape index (κ3) is 3.54. The van der Waals surface area contributed by atoms with Crippen LogP contribution in [0, 0.1) is 0 Å². The molecule has 2 aromatic carbocycles. The van der Waals surface area contributed by atoms with Gasteiger partial charge in [0, 0.05) is 5.56 Å². The number of fused-ring (bicyclic) bond motifs is 1. The number of rotatable bonds is 5. The fourth-order valence-electron chi connectivity index (χ4n) is 2.29. The molecule has 2 nitrogen and oxygen atoms in total. The van der Waals surface area contributed by atoms with Crippen molar-refractivity contribution in [3.8, 4) is 0 Å². The Balaban J connectivity index is 2.41. The lowest BCUT2D eigenvalue weighted by Crippen LogP contribution is -2.61. The second kappa shape index (κ2) is 6.61. The van der Waals surface area contributed by atoms with Gasteiger partial charge in [-0.2, -0.15) is 39.5 Å². The lowest BCUT2D eigenvalue weighted by atomic mass is 9.95. The van der Waals surface area contributed by atoms with Crippen molar-refractivity contribution in [2.45, 2.75) is 30.4 Å². The molecule has 0 aromatic heterocycles. The van der Waals surface area contributed by atoms with Crippen LogP contribution in [0.2, 0.25) is 0 Å². The van der Waals surface area contributed by atoms with E-state index in [-0.39, 0.29) is 5.56 Å².